The van der Waals surface area contributed by atoms with Gasteiger partial charge in [-0.05, 0) is 44.0 Å². The number of nitrogens with two attached hydrogens (primary N) is 1. The van der Waals surface area contributed by atoms with E-state index in [9.17, 15) is 9.59 Å². The van der Waals surface area contributed by atoms with Crippen LogP contribution in [0.4, 0.5) is 5.69 Å². The van der Waals surface area contributed by atoms with Gasteiger partial charge >= 0.3 is 0 Å². The number of rotatable bonds is 4. The topological polar surface area (TPSA) is 101 Å². The highest BCUT2D eigenvalue weighted by Crippen LogP contribution is 2.24. The van der Waals surface area contributed by atoms with Gasteiger partial charge in [-0.25, -0.2) is 4.99 Å². The Hall–Kier alpha value is -2.83. The Morgan fingerprint density at radius 3 is 2.76 bits per heavy atom. The first kappa shape index (κ1) is 17.0. The van der Waals surface area contributed by atoms with Crippen LogP contribution < -0.4 is 11.1 Å². The molecule has 2 heterocycles. The lowest BCUT2D eigenvalue weighted by molar-refractivity contribution is -0.132. The minimum atomic E-state index is -0.311. The minimum Gasteiger partial charge on any atom is -0.461 e. The van der Waals surface area contributed by atoms with Crippen molar-refractivity contribution in [3.8, 4) is 0 Å². The van der Waals surface area contributed by atoms with Crippen LogP contribution in [0.15, 0.2) is 33.7 Å². The van der Waals surface area contributed by atoms with E-state index in [1.807, 2.05) is 25.1 Å². The summed E-state index contributed by atoms with van der Waals surface area (Å²) in [5, 5.41) is 3.45. The molecular formula is C18H22N4O3. The molecule has 0 aliphatic carbocycles. The lowest BCUT2D eigenvalue weighted by Gasteiger charge is -2.14. The average Bonchev–Trinajstić information content (AvgIpc) is 3.20. The Kier molecular flexibility index (Phi) is 5.02. The number of amides is 2. The molecule has 25 heavy (non-hydrogen) atoms. The van der Waals surface area contributed by atoms with E-state index in [1.54, 1.807) is 11.0 Å². The van der Waals surface area contributed by atoms with Gasteiger partial charge in [0.25, 0.3) is 0 Å². The molecule has 0 saturated carbocycles. The first-order valence-corrected chi connectivity index (χ1v) is 8.43. The number of hydrogen-bond donors (Lipinski definition) is 2. The predicted octanol–water partition coefficient (Wildman–Crippen LogP) is 2.21. The van der Waals surface area contributed by atoms with Crippen molar-refractivity contribution in [2.24, 2.45) is 10.7 Å². The van der Waals surface area contributed by atoms with Gasteiger partial charge in [0.2, 0.25) is 17.8 Å². The summed E-state index contributed by atoms with van der Waals surface area (Å²) >= 11 is 0. The number of aliphatic imine (C=N–C) groups is 1. The molecule has 3 N–H and O–H groups in total. The lowest BCUT2D eigenvalue weighted by atomic mass is 10.2. The number of nitrogens with zero attached hydrogens (tertiary/aromatic N) is 2. The number of likely N-dealkylation sites (tertiary alicyclic amines) is 1. The van der Waals surface area contributed by atoms with Crippen molar-refractivity contribution < 1.29 is 14.0 Å². The summed E-state index contributed by atoms with van der Waals surface area (Å²) in [7, 11) is 0. The van der Waals surface area contributed by atoms with E-state index < -0.39 is 0 Å². The molecule has 0 spiro atoms. The number of fused-ring (bicyclic) bond motifs is 1. The van der Waals surface area contributed by atoms with Crippen LogP contribution in [-0.4, -0.2) is 35.8 Å². The normalized spacial score (nSPS) is 14.9. The fourth-order valence-electron chi connectivity index (χ4n) is 2.95. The van der Waals surface area contributed by atoms with E-state index in [4.69, 9.17) is 10.2 Å². The van der Waals surface area contributed by atoms with E-state index >= 15 is 0 Å². The summed E-state index contributed by atoms with van der Waals surface area (Å²) in [4.78, 5) is 29.8. The molecule has 2 amide bonds. The van der Waals surface area contributed by atoms with Gasteiger partial charge < -0.3 is 15.1 Å². The molecule has 7 heteroatoms. The van der Waals surface area contributed by atoms with Crippen LogP contribution >= 0.6 is 0 Å². The zero-order valence-electron chi connectivity index (χ0n) is 14.2. The van der Waals surface area contributed by atoms with E-state index in [1.165, 1.54) is 0 Å². The standard InChI is InChI=1S/C18H22N4O3/c1-12-10-13-11-14(4-5-15(13)25-12)20-18(19)21-16(23)6-7-17(24)22-8-2-3-9-22/h4-5,10-11H,2-3,6-9H2,1H3,(H3,19,20,21,23). The Morgan fingerprint density at radius 1 is 1.24 bits per heavy atom. The van der Waals surface area contributed by atoms with E-state index in [0.717, 1.165) is 42.7 Å². The van der Waals surface area contributed by atoms with Crippen molar-refractivity contribution >= 4 is 34.4 Å². The van der Waals surface area contributed by atoms with Crippen molar-refractivity contribution in [3.63, 3.8) is 0 Å². The molecular weight excluding hydrogens is 320 g/mol. The van der Waals surface area contributed by atoms with Gasteiger partial charge in [-0.1, -0.05) is 0 Å². The summed E-state index contributed by atoms with van der Waals surface area (Å²) in [5.41, 5.74) is 7.19. The van der Waals surface area contributed by atoms with Crippen molar-refractivity contribution in [1.82, 2.24) is 10.2 Å². The zero-order valence-corrected chi connectivity index (χ0v) is 14.2. The molecule has 7 nitrogen and oxygen atoms in total. The van der Waals surface area contributed by atoms with Crippen molar-refractivity contribution in [3.05, 3.63) is 30.0 Å². The van der Waals surface area contributed by atoms with Crippen LogP contribution in [0.5, 0.6) is 0 Å². The molecule has 1 saturated heterocycles. The third-order valence-electron chi connectivity index (χ3n) is 4.16. The van der Waals surface area contributed by atoms with Gasteiger partial charge in [-0.15, -0.1) is 0 Å². The third kappa shape index (κ3) is 4.37. The smallest absolute Gasteiger partial charge is 0.227 e. The van der Waals surface area contributed by atoms with Gasteiger partial charge in [0.05, 0.1) is 5.69 Å². The second kappa shape index (κ2) is 7.38. The van der Waals surface area contributed by atoms with Crippen LogP contribution in [0.25, 0.3) is 11.0 Å². The second-order valence-electron chi connectivity index (χ2n) is 6.21. The molecule has 3 rings (SSSR count). The number of aryl methyl sites for hydroxylation is 1. The fraction of sp³-hybridized carbons (Fsp3) is 0.389. The Morgan fingerprint density at radius 2 is 2.00 bits per heavy atom. The number of carbonyl (C=O) groups is 2. The zero-order chi connectivity index (χ0) is 17.8. The molecule has 1 aliphatic heterocycles. The summed E-state index contributed by atoms with van der Waals surface area (Å²) in [6.45, 7) is 3.46. The van der Waals surface area contributed by atoms with Gasteiger partial charge in [0, 0.05) is 31.3 Å². The Bertz CT molecular complexity index is 819. The highest BCUT2D eigenvalue weighted by atomic mass is 16.3. The lowest BCUT2D eigenvalue weighted by Crippen LogP contribution is -2.37. The number of carbonyl (C=O) groups excluding carboxylic acids is 2. The van der Waals surface area contributed by atoms with Crippen LogP contribution in [-0.2, 0) is 9.59 Å². The molecule has 0 unspecified atom stereocenters. The van der Waals surface area contributed by atoms with Crippen molar-refractivity contribution in [2.75, 3.05) is 13.1 Å². The number of benzene rings is 1. The summed E-state index contributed by atoms with van der Waals surface area (Å²) in [6, 6.07) is 7.32. The molecule has 1 aromatic carbocycles. The first-order valence-electron chi connectivity index (χ1n) is 8.43. The summed E-state index contributed by atoms with van der Waals surface area (Å²) < 4.78 is 5.50. The number of guanidine groups is 1. The molecule has 2 aromatic rings. The molecule has 0 bridgehead atoms. The highest BCUT2D eigenvalue weighted by molar-refractivity contribution is 5.98. The maximum absolute atomic E-state index is 11.9. The van der Waals surface area contributed by atoms with Gasteiger partial charge in [0.15, 0.2) is 0 Å². The third-order valence-corrected chi connectivity index (χ3v) is 4.16. The molecule has 1 aliphatic rings. The second-order valence-corrected chi connectivity index (χ2v) is 6.21. The highest BCUT2D eigenvalue weighted by Gasteiger charge is 2.18. The van der Waals surface area contributed by atoms with E-state index in [-0.39, 0.29) is 30.6 Å². The van der Waals surface area contributed by atoms with Crippen LogP contribution in [0, 0.1) is 6.92 Å². The number of nitrogens with one attached hydrogen (secondary N) is 1. The SMILES string of the molecule is Cc1cc2cc(N=C(N)NC(=O)CCC(=O)N3CCCC3)ccc2o1. The minimum absolute atomic E-state index is 0.0122. The average molecular weight is 342 g/mol. The monoisotopic (exact) mass is 342 g/mol. The Labute approximate surface area is 145 Å². The Balaban J connectivity index is 1.54. The first-order chi connectivity index (χ1) is 12.0. The molecule has 132 valence electrons. The van der Waals surface area contributed by atoms with E-state index in [0.29, 0.717) is 5.69 Å². The van der Waals surface area contributed by atoms with Crippen LogP contribution in [0.1, 0.15) is 31.4 Å². The van der Waals surface area contributed by atoms with Crippen LogP contribution in [0.2, 0.25) is 0 Å². The molecule has 1 fully saturated rings. The molecule has 1 aromatic heterocycles. The van der Waals surface area contributed by atoms with Gasteiger partial charge in [0.1, 0.15) is 11.3 Å². The quantitative estimate of drug-likeness (QED) is 0.657. The van der Waals surface area contributed by atoms with Crippen LogP contribution in [0.3, 0.4) is 0 Å². The van der Waals surface area contributed by atoms with Crippen molar-refractivity contribution in [1.29, 1.82) is 0 Å². The largest absolute Gasteiger partial charge is 0.461 e. The summed E-state index contributed by atoms with van der Waals surface area (Å²) in [5.74, 6) is 0.538. The maximum atomic E-state index is 11.9. The predicted molar refractivity (Wildman–Crippen MR) is 95.4 cm³/mol. The van der Waals surface area contributed by atoms with Crippen molar-refractivity contribution in [2.45, 2.75) is 32.6 Å². The maximum Gasteiger partial charge on any atom is 0.227 e. The fourth-order valence-corrected chi connectivity index (χ4v) is 2.95. The van der Waals surface area contributed by atoms with Gasteiger partial charge in [-0.3, -0.25) is 14.9 Å². The number of furan rings is 1. The number of hydrogen-bond acceptors (Lipinski definition) is 4. The van der Waals surface area contributed by atoms with Gasteiger partial charge in [-0.2, -0.15) is 0 Å². The van der Waals surface area contributed by atoms with E-state index in [2.05, 4.69) is 10.3 Å². The summed E-state index contributed by atoms with van der Waals surface area (Å²) in [6.07, 6.45) is 2.38. The molecule has 0 radical (unpaired) electrons. The molecule has 0 atom stereocenters.